The van der Waals surface area contributed by atoms with Gasteiger partial charge in [0.25, 0.3) is 12.3 Å². The predicted octanol–water partition coefficient (Wildman–Crippen LogP) is 2.52. The minimum absolute atomic E-state index is 0.264. The molecule has 0 radical (unpaired) electrons. The zero-order valence-corrected chi connectivity index (χ0v) is 11.3. The van der Waals surface area contributed by atoms with Gasteiger partial charge in [0.05, 0.1) is 12.2 Å². The molecular formula is C12H13F2N3OS. The first kappa shape index (κ1) is 13.7. The van der Waals surface area contributed by atoms with Crippen molar-refractivity contribution in [3.05, 3.63) is 22.7 Å². The van der Waals surface area contributed by atoms with Gasteiger partial charge in [0.2, 0.25) is 0 Å². The molecule has 0 unspecified atom stereocenters. The van der Waals surface area contributed by atoms with E-state index in [1.807, 2.05) is 6.92 Å². The predicted molar refractivity (Wildman–Crippen MR) is 71.7 cm³/mol. The number of amides is 1. The van der Waals surface area contributed by atoms with E-state index in [0.29, 0.717) is 10.5 Å². The molecule has 7 heteroatoms. The molecule has 0 saturated heterocycles. The lowest BCUT2D eigenvalue weighted by Gasteiger charge is -2.15. The van der Waals surface area contributed by atoms with Crippen LogP contribution in [0.5, 0.6) is 0 Å². The summed E-state index contributed by atoms with van der Waals surface area (Å²) in [4.78, 5) is 18.1. The number of carbonyl (C=O) groups is 1. The molecule has 2 aromatic rings. The number of pyridine rings is 1. The number of aryl methyl sites for hydroxylation is 1. The van der Waals surface area contributed by atoms with E-state index in [0.717, 1.165) is 27.2 Å². The molecule has 1 amide bonds. The zero-order chi connectivity index (χ0) is 14.2. The summed E-state index contributed by atoms with van der Waals surface area (Å²) in [7, 11) is 1.33. The number of carbonyl (C=O) groups excluding carboxylic acids is 1. The molecule has 102 valence electrons. The molecule has 0 spiro atoms. The Hall–Kier alpha value is -1.76. The third-order valence-electron chi connectivity index (χ3n) is 2.79. The maximum atomic E-state index is 12.3. The molecule has 2 aromatic heterocycles. The largest absolute Gasteiger partial charge is 0.397 e. The smallest absolute Gasteiger partial charge is 0.266 e. The number of hydrogen-bond acceptors (Lipinski definition) is 4. The van der Waals surface area contributed by atoms with Crippen LogP contribution in [0.15, 0.2) is 12.3 Å². The number of rotatable bonds is 3. The Labute approximate surface area is 112 Å². The van der Waals surface area contributed by atoms with Crippen LogP contribution in [-0.4, -0.2) is 35.8 Å². The normalized spacial score (nSPS) is 11.2. The van der Waals surface area contributed by atoms with Crippen molar-refractivity contribution in [2.75, 3.05) is 19.3 Å². The fourth-order valence-corrected chi connectivity index (χ4v) is 2.96. The van der Waals surface area contributed by atoms with Gasteiger partial charge in [-0.2, -0.15) is 0 Å². The molecule has 0 fully saturated rings. The molecule has 0 bridgehead atoms. The van der Waals surface area contributed by atoms with Gasteiger partial charge in [0.15, 0.2) is 0 Å². The van der Waals surface area contributed by atoms with Crippen molar-refractivity contribution in [1.29, 1.82) is 0 Å². The van der Waals surface area contributed by atoms with E-state index in [1.165, 1.54) is 7.05 Å². The Bertz CT molecular complexity index is 627. The average Bonchev–Trinajstić information content (AvgIpc) is 2.66. The minimum Gasteiger partial charge on any atom is -0.397 e. The molecule has 0 aliphatic carbocycles. The standard InChI is InChI=1S/C12H13F2N3OS/c1-6-3-4-16-11-8(6)9(15)10(19-11)12(18)17(2)5-7(13)14/h3-4,7H,5,15H2,1-2H3. The van der Waals surface area contributed by atoms with Crippen molar-refractivity contribution in [2.45, 2.75) is 13.3 Å². The highest BCUT2D eigenvalue weighted by Gasteiger charge is 2.22. The SMILES string of the molecule is Cc1ccnc2sc(C(=O)N(C)CC(F)F)c(N)c12. The van der Waals surface area contributed by atoms with Gasteiger partial charge in [-0.15, -0.1) is 11.3 Å². The van der Waals surface area contributed by atoms with Crippen LogP contribution in [0.3, 0.4) is 0 Å². The summed E-state index contributed by atoms with van der Waals surface area (Å²) < 4.78 is 24.6. The zero-order valence-electron chi connectivity index (χ0n) is 10.5. The third kappa shape index (κ3) is 2.51. The van der Waals surface area contributed by atoms with Gasteiger partial charge in [-0.05, 0) is 18.6 Å². The average molecular weight is 285 g/mol. The highest BCUT2D eigenvalue weighted by molar-refractivity contribution is 7.21. The van der Waals surface area contributed by atoms with Crippen LogP contribution in [0.1, 0.15) is 15.2 Å². The first-order valence-electron chi connectivity index (χ1n) is 5.59. The van der Waals surface area contributed by atoms with Crippen LogP contribution < -0.4 is 5.73 Å². The molecule has 2 N–H and O–H groups in total. The van der Waals surface area contributed by atoms with Gasteiger partial charge in [-0.1, -0.05) is 0 Å². The second kappa shape index (κ2) is 5.08. The molecule has 0 aliphatic heterocycles. The van der Waals surface area contributed by atoms with E-state index in [4.69, 9.17) is 5.73 Å². The molecule has 0 aliphatic rings. The number of nitrogen functional groups attached to an aromatic ring is 1. The van der Waals surface area contributed by atoms with Crippen LogP contribution >= 0.6 is 11.3 Å². The number of nitrogens with two attached hydrogens (primary N) is 1. The van der Waals surface area contributed by atoms with Crippen molar-refractivity contribution < 1.29 is 13.6 Å². The van der Waals surface area contributed by atoms with Gasteiger partial charge in [-0.3, -0.25) is 4.79 Å². The Morgan fingerprint density at radius 1 is 1.58 bits per heavy atom. The van der Waals surface area contributed by atoms with Gasteiger partial charge in [0.1, 0.15) is 9.71 Å². The van der Waals surface area contributed by atoms with E-state index >= 15 is 0 Å². The van der Waals surface area contributed by atoms with Crippen molar-refractivity contribution in [2.24, 2.45) is 0 Å². The van der Waals surface area contributed by atoms with Gasteiger partial charge in [0, 0.05) is 18.6 Å². The molecule has 19 heavy (non-hydrogen) atoms. The first-order chi connectivity index (χ1) is 8.91. The van der Waals surface area contributed by atoms with Crippen LogP contribution in [0.25, 0.3) is 10.2 Å². The lowest BCUT2D eigenvalue weighted by atomic mass is 10.1. The molecule has 0 atom stereocenters. The van der Waals surface area contributed by atoms with Crippen molar-refractivity contribution >= 4 is 33.1 Å². The maximum absolute atomic E-state index is 12.3. The summed E-state index contributed by atoms with van der Waals surface area (Å²) in [6, 6.07) is 1.79. The summed E-state index contributed by atoms with van der Waals surface area (Å²) >= 11 is 1.13. The lowest BCUT2D eigenvalue weighted by molar-refractivity contribution is 0.0625. The van der Waals surface area contributed by atoms with Gasteiger partial charge < -0.3 is 10.6 Å². The van der Waals surface area contributed by atoms with E-state index in [-0.39, 0.29) is 4.88 Å². The Morgan fingerprint density at radius 2 is 2.26 bits per heavy atom. The monoisotopic (exact) mass is 285 g/mol. The topological polar surface area (TPSA) is 59.2 Å². The number of aromatic nitrogens is 1. The molecule has 0 saturated carbocycles. The fraction of sp³-hybridized carbons (Fsp3) is 0.333. The second-order valence-electron chi connectivity index (χ2n) is 4.23. The van der Waals surface area contributed by atoms with Gasteiger partial charge in [-0.25, -0.2) is 13.8 Å². The summed E-state index contributed by atoms with van der Waals surface area (Å²) in [5.74, 6) is -0.500. The molecule has 2 heterocycles. The molecule has 4 nitrogen and oxygen atoms in total. The lowest BCUT2D eigenvalue weighted by Crippen LogP contribution is -2.31. The molecule has 0 aromatic carbocycles. The number of thiophene rings is 1. The number of hydrogen-bond donors (Lipinski definition) is 1. The number of anilines is 1. The number of halogens is 2. The van der Waals surface area contributed by atoms with Gasteiger partial charge >= 0.3 is 0 Å². The highest BCUT2D eigenvalue weighted by atomic mass is 32.1. The van der Waals surface area contributed by atoms with Crippen LogP contribution in [0.2, 0.25) is 0 Å². The fourth-order valence-electron chi connectivity index (χ4n) is 1.83. The Kier molecular flexibility index (Phi) is 3.66. The van der Waals surface area contributed by atoms with Crippen LogP contribution in [0.4, 0.5) is 14.5 Å². The van der Waals surface area contributed by atoms with E-state index in [2.05, 4.69) is 4.98 Å². The highest BCUT2D eigenvalue weighted by Crippen LogP contribution is 2.34. The number of alkyl halides is 2. The first-order valence-corrected chi connectivity index (χ1v) is 6.40. The quantitative estimate of drug-likeness (QED) is 0.942. The van der Waals surface area contributed by atoms with Crippen molar-refractivity contribution in [3.63, 3.8) is 0 Å². The van der Waals surface area contributed by atoms with Crippen molar-refractivity contribution in [1.82, 2.24) is 9.88 Å². The maximum Gasteiger partial charge on any atom is 0.266 e. The van der Waals surface area contributed by atoms with Crippen molar-refractivity contribution in [3.8, 4) is 0 Å². The Balaban J connectivity index is 2.43. The number of nitrogens with zero attached hydrogens (tertiary/aromatic N) is 2. The number of fused-ring (bicyclic) bond motifs is 1. The van der Waals surface area contributed by atoms with E-state index in [9.17, 15) is 13.6 Å². The summed E-state index contributed by atoms with van der Waals surface area (Å²) in [6.07, 6.45) is -0.936. The summed E-state index contributed by atoms with van der Waals surface area (Å²) in [5, 5.41) is 0.723. The van der Waals surface area contributed by atoms with Crippen LogP contribution in [-0.2, 0) is 0 Å². The second-order valence-corrected chi connectivity index (χ2v) is 5.23. The Morgan fingerprint density at radius 3 is 2.84 bits per heavy atom. The summed E-state index contributed by atoms with van der Waals surface area (Å²) in [6.45, 7) is 1.25. The van der Waals surface area contributed by atoms with E-state index < -0.39 is 18.9 Å². The summed E-state index contributed by atoms with van der Waals surface area (Å²) in [5.41, 5.74) is 7.17. The molecule has 2 rings (SSSR count). The molecular weight excluding hydrogens is 272 g/mol. The van der Waals surface area contributed by atoms with E-state index in [1.54, 1.807) is 12.3 Å². The van der Waals surface area contributed by atoms with Crippen LogP contribution in [0, 0.1) is 6.92 Å². The third-order valence-corrected chi connectivity index (χ3v) is 3.89. The minimum atomic E-state index is -2.57.